The summed E-state index contributed by atoms with van der Waals surface area (Å²) in [5.74, 6) is -1.60. The summed E-state index contributed by atoms with van der Waals surface area (Å²) in [6.07, 6.45) is 0.386. The maximum atomic E-state index is 10.7. The van der Waals surface area contributed by atoms with Crippen molar-refractivity contribution in [2.24, 2.45) is 0 Å². The van der Waals surface area contributed by atoms with E-state index in [4.69, 9.17) is 14.6 Å². The van der Waals surface area contributed by atoms with Crippen LogP contribution in [0.3, 0.4) is 0 Å². The van der Waals surface area contributed by atoms with E-state index in [9.17, 15) is 9.59 Å². The van der Waals surface area contributed by atoms with E-state index in [0.717, 1.165) is 0 Å². The first-order valence-corrected chi connectivity index (χ1v) is 6.25. The van der Waals surface area contributed by atoms with Crippen LogP contribution in [0.2, 0.25) is 0 Å². The molecule has 0 heterocycles. The third kappa shape index (κ3) is 4.79. The van der Waals surface area contributed by atoms with Crippen LogP contribution in [0.1, 0.15) is 27.2 Å². The molecule has 0 aliphatic heterocycles. The summed E-state index contributed by atoms with van der Waals surface area (Å²) in [5, 5.41) is 17.4. The minimum Gasteiger partial charge on any atom is -0.548 e. The molecule has 5 nitrogen and oxygen atoms in total. The van der Waals surface area contributed by atoms with Gasteiger partial charge in [-0.2, -0.15) is 0 Å². The van der Waals surface area contributed by atoms with Gasteiger partial charge in [0.05, 0.1) is 11.3 Å². The Bertz CT molecular complexity index is 343. The monoisotopic (exact) mass is 244 g/mol. The highest BCUT2D eigenvalue weighted by Crippen LogP contribution is 2.09. The van der Waals surface area contributed by atoms with Gasteiger partial charge in [-0.3, -0.25) is 0 Å². The average molecular weight is 244 g/mol. The van der Waals surface area contributed by atoms with Crippen molar-refractivity contribution in [3.63, 3.8) is 0 Å². The van der Waals surface area contributed by atoms with Gasteiger partial charge in [0.25, 0.3) is 0 Å². The molecule has 16 heavy (non-hydrogen) atoms. The minimum atomic E-state index is -1.17. The van der Waals surface area contributed by atoms with Crippen LogP contribution in [0.5, 0.6) is 0 Å². The topological polar surface area (TPSA) is 83.8 Å². The third-order valence-corrected chi connectivity index (χ3v) is 3.44. The molecular formula is C10H16O5Si. The maximum Gasteiger partial charge on any atom is 0.334 e. The molecule has 0 aliphatic carbocycles. The van der Waals surface area contributed by atoms with E-state index in [-0.39, 0.29) is 11.1 Å². The van der Waals surface area contributed by atoms with E-state index in [2.05, 4.69) is 0 Å². The standard InChI is InChI=1S/C10H16O5Si/c1-4-8(10(13)14)7(3)15-16-5-6(2)9(11)12/h5H,4,16H2,1-3H3,(H,11,12)(H,13,14). The molecule has 0 atom stereocenters. The van der Waals surface area contributed by atoms with Crippen molar-refractivity contribution in [3.05, 3.63) is 22.6 Å². The highest BCUT2D eigenvalue weighted by atomic mass is 28.2. The lowest BCUT2D eigenvalue weighted by Gasteiger charge is -2.07. The maximum absolute atomic E-state index is 10.7. The van der Waals surface area contributed by atoms with Crippen LogP contribution in [0, 0.1) is 0 Å². The Morgan fingerprint density at radius 3 is 2.19 bits per heavy atom. The SMILES string of the molecule is CCC(C(=O)O)=C(C)O[SiH2]C=C(C)C(=O)O. The van der Waals surface area contributed by atoms with E-state index in [1.54, 1.807) is 13.8 Å². The fraction of sp³-hybridized carbons (Fsp3) is 0.400. The number of hydrogen-bond acceptors (Lipinski definition) is 3. The van der Waals surface area contributed by atoms with Crippen molar-refractivity contribution in [1.82, 2.24) is 0 Å². The molecule has 0 spiro atoms. The fourth-order valence-corrected chi connectivity index (χ4v) is 1.95. The number of carboxylic acid groups (broad SMARTS) is 2. The summed E-state index contributed by atoms with van der Waals surface area (Å²) < 4.78 is 5.28. The average Bonchev–Trinajstić information content (AvgIpc) is 2.17. The van der Waals surface area contributed by atoms with Crippen molar-refractivity contribution in [2.75, 3.05) is 0 Å². The zero-order valence-corrected chi connectivity index (χ0v) is 11.0. The molecule has 0 fully saturated rings. The van der Waals surface area contributed by atoms with Crippen LogP contribution in [0.15, 0.2) is 22.6 Å². The van der Waals surface area contributed by atoms with E-state index < -0.39 is 21.7 Å². The Morgan fingerprint density at radius 1 is 1.25 bits per heavy atom. The predicted octanol–water partition coefficient (Wildman–Crippen LogP) is 0.844. The number of hydrogen-bond donors (Lipinski definition) is 2. The summed E-state index contributed by atoms with van der Waals surface area (Å²) in [4.78, 5) is 21.2. The number of allylic oxidation sites excluding steroid dienone is 1. The second kappa shape index (κ2) is 6.84. The van der Waals surface area contributed by atoms with Crippen LogP contribution >= 0.6 is 0 Å². The van der Waals surface area contributed by atoms with Crippen molar-refractivity contribution < 1.29 is 24.2 Å². The summed E-state index contributed by atoms with van der Waals surface area (Å²) in [5.41, 5.74) is 1.99. The summed E-state index contributed by atoms with van der Waals surface area (Å²) in [6, 6.07) is 0. The molecule has 0 unspecified atom stereocenters. The molecule has 0 aromatic heterocycles. The van der Waals surface area contributed by atoms with Crippen molar-refractivity contribution in [2.45, 2.75) is 27.2 Å². The van der Waals surface area contributed by atoms with Gasteiger partial charge >= 0.3 is 11.9 Å². The highest BCUT2D eigenvalue weighted by Gasteiger charge is 2.09. The van der Waals surface area contributed by atoms with Crippen molar-refractivity contribution in [3.8, 4) is 0 Å². The smallest absolute Gasteiger partial charge is 0.334 e. The van der Waals surface area contributed by atoms with Crippen LogP contribution in [0.25, 0.3) is 0 Å². The number of carboxylic acids is 2. The predicted molar refractivity (Wildman–Crippen MR) is 61.6 cm³/mol. The lowest BCUT2D eigenvalue weighted by molar-refractivity contribution is -0.133. The fourth-order valence-electron chi connectivity index (χ4n) is 1.02. The normalized spacial score (nSPS) is 13.8. The van der Waals surface area contributed by atoms with E-state index in [0.29, 0.717) is 12.2 Å². The molecule has 0 saturated heterocycles. The Labute approximate surface area is 96.4 Å². The van der Waals surface area contributed by atoms with Gasteiger partial charge in [0.1, 0.15) is 0 Å². The van der Waals surface area contributed by atoms with Crippen LogP contribution in [-0.4, -0.2) is 31.9 Å². The minimum absolute atomic E-state index is 0.229. The molecule has 0 aliphatic rings. The summed E-state index contributed by atoms with van der Waals surface area (Å²) in [6.45, 7) is 4.80. The van der Waals surface area contributed by atoms with Gasteiger partial charge in [0.15, 0.2) is 0 Å². The first-order chi connectivity index (χ1) is 7.40. The van der Waals surface area contributed by atoms with E-state index in [1.165, 1.54) is 12.6 Å². The molecule has 0 rings (SSSR count). The first-order valence-electron chi connectivity index (χ1n) is 4.86. The molecule has 0 radical (unpaired) electrons. The zero-order chi connectivity index (χ0) is 12.7. The van der Waals surface area contributed by atoms with Gasteiger partial charge in [-0.1, -0.05) is 12.6 Å². The van der Waals surface area contributed by atoms with Gasteiger partial charge in [0, 0.05) is 5.57 Å². The number of carbonyl (C=O) groups is 2. The Morgan fingerprint density at radius 2 is 1.81 bits per heavy atom. The third-order valence-electron chi connectivity index (χ3n) is 2.06. The first kappa shape index (κ1) is 14.4. The largest absolute Gasteiger partial charge is 0.548 e. The van der Waals surface area contributed by atoms with Crippen LogP contribution < -0.4 is 0 Å². The van der Waals surface area contributed by atoms with Crippen molar-refractivity contribution in [1.29, 1.82) is 0 Å². The molecule has 2 N–H and O–H groups in total. The highest BCUT2D eigenvalue weighted by molar-refractivity contribution is 6.36. The lowest BCUT2D eigenvalue weighted by Crippen LogP contribution is -2.07. The van der Waals surface area contributed by atoms with Crippen LogP contribution in [0.4, 0.5) is 0 Å². The van der Waals surface area contributed by atoms with Gasteiger partial charge < -0.3 is 14.6 Å². The molecule has 0 aromatic rings. The molecule has 0 amide bonds. The summed E-state index contributed by atoms with van der Waals surface area (Å²) in [7, 11) is -1.17. The second-order valence-corrected chi connectivity index (χ2v) is 4.23. The zero-order valence-electron chi connectivity index (χ0n) is 9.61. The van der Waals surface area contributed by atoms with E-state index >= 15 is 0 Å². The van der Waals surface area contributed by atoms with Gasteiger partial charge in [-0.15, -0.1) is 0 Å². The molecule has 0 saturated carbocycles. The number of aliphatic carboxylic acids is 2. The second-order valence-electron chi connectivity index (χ2n) is 3.20. The number of rotatable bonds is 6. The molecule has 90 valence electrons. The lowest BCUT2D eigenvalue weighted by atomic mass is 10.2. The van der Waals surface area contributed by atoms with Crippen molar-refractivity contribution >= 4 is 21.7 Å². The quantitative estimate of drug-likeness (QED) is 0.411. The molecule has 6 heteroatoms. The van der Waals surface area contributed by atoms with Gasteiger partial charge in [0.2, 0.25) is 9.76 Å². The summed E-state index contributed by atoms with van der Waals surface area (Å²) >= 11 is 0. The Kier molecular flexibility index (Phi) is 6.17. The van der Waals surface area contributed by atoms with Gasteiger partial charge in [-0.25, -0.2) is 9.59 Å². The molecule has 0 bridgehead atoms. The van der Waals surface area contributed by atoms with Crippen LogP contribution in [-0.2, 0) is 14.0 Å². The molecular weight excluding hydrogens is 228 g/mol. The van der Waals surface area contributed by atoms with Gasteiger partial charge in [-0.05, 0) is 20.3 Å². The van der Waals surface area contributed by atoms with E-state index in [1.807, 2.05) is 0 Å². The Hall–Kier alpha value is -1.56. The Balaban J connectivity index is 4.47. The molecule has 0 aromatic carbocycles.